The Morgan fingerprint density at radius 3 is 2.70 bits per heavy atom. The normalized spacial score (nSPS) is 10.9. The molecule has 0 radical (unpaired) electrons. The predicted molar refractivity (Wildman–Crippen MR) is 94.3 cm³/mol. The maximum atomic E-state index is 11.8. The van der Waals surface area contributed by atoms with Crippen molar-refractivity contribution < 1.29 is 4.79 Å². The Labute approximate surface area is 137 Å². The third-order valence-electron chi connectivity index (χ3n) is 3.54. The van der Waals surface area contributed by atoms with Crippen molar-refractivity contribution in [2.24, 2.45) is 0 Å². The van der Waals surface area contributed by atoms with E-state index in [0.717, 1.165) is 30.6 Å². The van der Waals surface area contributed by atoms with Crippen LogP contribution in [0.2, 0.25) is 0 Å². The molecule has 0 aliphatic heterocycles. The number of rotatable bonds is 8. The largest absolute Gasteiger partial charge is 0.378 e. The van der Waals surface area contributed by atoms with E-state index >= 15 is 0 Å². The number of nitrogens with zero attached hydrogens (tertiary/aromatic N) is 3. The number of imidazole rings is 1. The fourth-order valence-corrected chi connectivity index (χ4v) is 2.16. The van der Waals surface area contributed by atoms with E-state index in [1.807, 2.05) is 66.4 Å². The molecule has 2 aromatic rings. The molecule has 0 saturated carbocycles. The van der Waals surface area contributed by atoms with Crippen LogP contribution in [0.4, 0.5) is 5.69 Å². The van der Waals surface area contributed by atoms with E-state index in [0.29, 0.717) is 6.54 Å². The number of aromatic nitrogens is 2. The van der Waals surface area contributed by atoms with Gasteiger partial charge in [0.25, 0.3) is 0 Å². The van der Waals surface area contributed by atoms with Crippen molar-refractivity contribution >= 4 is 17.7 Å². The van der Waals surface area contributed by atoms with E-state index in [1.165, 1.54) is 0 Å². The van der Waals surface area contributed by atoms with Crippen LogP contribution in [0.15, 0.2) is 49.1 Å². The maximum absolute atomic E-state index is 11.8. The third-order valence-corrected chi connectivity index (χ3v) is 3.54. The molecule has 0 saturated heterocycles. The van der Waals surface area contributed by atoms with E-state index in [9.17, 15) is 4.79 Å². The van der Waals surface area contributed by atoms with Gasteiger partial charge in [-0.05, 0) is 36.6 Å². The molecule has 5 nitrogen and oxygen atoms in total. The number of carbonyl (C=O) groups is 1. The van der Waals surface area contributed by atoms with Gasteiger partial charge in [0.15, 0.2) is 0 Å². The fraction of sp³-hybridized carbons (Fsp3) is 0.333. The average molecular weight is 312 g/mol. The van der Waals surface area contributed by atoms with Gasteiger partial charge >= 0.3 is 0 Å². The number of anilines is 1. The van der Waals surface area contributed by atoms with Gasteiger partial charge in [-0.1, -0.05) is 12.1 Å². The molecule has 23 heavy (non-hydrogen) atoms. The monoisotopic (exact) mass is 312 g/mol. The molecular formula is C18H24N4O. The Bertz CT molecular complexity index is 615. The predicted octanol–water partition coefficient (Wildman–Crippen LogP) is 2.56. The molecule has 0 bridgehead atoms. The molecule has 0 aliphatic carbocycles. The van der Waals surface area contributed by atoms with Crippen LogP contribution in [-0.2, 0) is 11.3 Å². The Morgan fingerprint density at radius 1 is 1.26 bits per heavy atom. The molecule has 0 unspecified atom stereocenters. The van der Waals surface area contributed by atoms with Crippen molar-refractivity contribution in [1.29, 1.82) is 0 Å². The molecule has 5 heteroatoms. The second-order valence-electron chi connectivity index (χ2n) is 5.62. The Morgan fingerprint density at radius 2 is 2.04 bits per heavy atom. The fourth-order valence-electron chi connectivity index (χ4n) is 2.16. The molecule has 1 N–H and O–H groups in total. The summed E-state index contributed by atoms with van der Waals surface area (Å²) < 4.78 is 2.04. The zero-order chi connectivity index (χ0) is 16.5. The van der Waals surface area contributed by atoms with Crippen LogP contribution in [0.25, 0.3) is 6.08 Å². The minimum absolute atomic E-state index is 0.0516. The molecule has 122 valence electrons. The highest BCUT2D eigenvalue weighted by molar-refractivity contribution is 5.91. The molecule has 1 aromatic heterocycles. The van der Waals surface area contributed by atoms with Crippen molar-refractivity contribution in [3.63, 3.8) is 0 Å². The summed E-state index contributed by atoms with van der Waals surface area (Å²) in [5.41, 5.74) is 2.16. The zero-order valence-electron chi connectivity index (χ0n) is 13.8. The van der Waals surface area contributed by atoms with Crippen LogP contribution in [0, 0.1) is 0 Å². The molecule has 0 aliphatic rings. The first kappa shape index (κ1) is 16.8. The van der Waals surface area contributed by atoms with Crippen molar-refractivity contribution in [1.82, 2.24) is 14.9 Å². The van der Waals surface area contributed by atoms with E-state index in [2.05, 4.69) is 10.3 Å². The highest BCUT2D eigenvalue weighted by Crippen LogP contribution is 2.12. The Kier molecular flexibility index (Phi) is 6.41. The van der Waals surface area contributed by atoms with Gasteiger partial charge in [0.05, 0.1) is 6.33 Å². The third kappa shape index (κ3) is 5.98. The van der Waals surface area contributed by atoms with Gasteiger partial charge in [0, 0.05) is 51.3 Å². The summed E-state index contributed by atoms with van der Waals surface area (Å²) in [5.74, 6) is -0.0516. The first-order chi connectivity index (χ1) is 11.1. The first-order valence-corrected chi connectivity index (χ1v) is 7.84. The number of unbranched alkanes of at least 4 members (excludes halogenated alkanes) is 1. The lowest BCUT2D eigenvalue weighted by molar-refractivity contribution is -0.116. The van der Waals surface area contributed by atoms with Crippen molar-refractivity contribution in [2.75, 3.05) is 25.5 Å². The highest BCUT2D eigenvalue weighted by atomic mass is 16.1. The van der Waals surface area contributed by atoms with Gasteiger partial charge in [0.2, 0.25) is 5.91 Å². The SMILES string of the molecule is CN(C)c1ccc(/C=C/C(=O)NCCCCn2ccnc2)cc1. The molecule has 0 atom stereocenters. The topological polar surface area (TPSA) is 50.2 Å². The van der Waals surface area contributed by atoms with E-state index in [-0.39, 0.29) is 5.91 Å². The van der Waals surface area contributed by atoms with Crippen molar-refractivity contribution in [3.8, 4) is 0 Å². The zero-order valence-corrected chi connectivity index (χ0v) is 13.8. The van der Waals surface area contributed by atoms with Gasteiger partial charge in [-0.15, -0.1) is 0 Å². The smallest absolute Gasteiger partial charge is 0.243 e. The quantitative estimate of drug-likeness (QED) is 0.602. The van der Waals surface area contributed by atoms with Gasteiger partial charge < -0.3 is 14.8 Å². The van der Waals surface area contributed by atoms with Gasteiger partial charge in [0.1, 0.15) is 0 Å². The van der Waals surface area contributed by atoms with Crippen LogP contribution in [-0.4, -0.2) is 36.1 Å². The van der Waals surface area contributed by atoms with Crippen LogP contribution in [0.1, 0.15) is 18.4 Å². The summed E-state index contributed by atoms with van der Waals surface area (Å²) in [6, 6.07) is 8.08. The molecule has 0 fully saturated rings. The molecule has 1 aromatic carbocycles. The number of aryl methyl sites for hydroxylation is 1. The highest BCUT2D eigenvalue weighted by Gasteiger charge is 1.97. The summed E-state index contributed by atoms with van der Waals surface area (Å²) in [6.45, 7) is 1.63. The Hall–Kier alpha value is -2.56. The number of hydrogen-bond acceptors (Lipinski definition) is 3. The van der Waals surface area contributed by atoms with E-state index < -0.39 is 0 Å². The molecule has 2 rings (SSSR count). The average Bonchev–Trinajstić information content (AvgIpc) is 3.06. The second kappa shape index (κ2) is 8.78. The van der Waals surface area contributed by atoms with Crippen LogP contribution < -0.4 is 10.2 Å². The number of hydrogen-bond donors (Lipinski definition) is 1. The number of amides is 1. The summed E-state index contributed by atoms with van der Waals surface area (Å²) in [5, 5.41) is 2.90. The lowest BCUT2D eigenvalue weighted by Crippen LogP contribution is -2.22. The minimum Gasteiger partial charge on any atom is -0.378 e. The standard InChI is InChI=1S/C18H24N4O/c1-21(2)17-8-5-16(6-9-17)7-10-18(23)20-11-3-4-13-22-14-12-19-15-22/h5-10,12,14-15H,3-4,11,13H2,1-2H3,(H,20,23)/b10-7+. The maximum Gasteiger partial charge on any atom is 0.243 e. The summed E-state index contributed by atoms with van der Waals surface area (Å²) in [7, 11) is 4.01. The summed E-state index contributed by atoms with van der Waals surface area (Å²) in [4.78, 5) is 17.8. The first-order valence-electron chi connectivity index (χ1n) is 7.84. The lowest BCUT2D eigenvalue weighted by Gasteiger charge is -2.11. The lowest BCUT2D eigenvalue weighted by atomic mass is 10.2. The van der Waals surface area contributed by atoms with Crippen molar-refractivity contribution in [3.05, 3.63) is 54.6 Å². The Balaban J connectivity index is 1.65. The number of benzene rings is 1. The summed E-state index contributed by atoms with van der Waals surface area (Å²) in [6.07, 6.45) is 10.9. The van der Waals surface area contributed by atoms with Crippen LogP contribution >= 0.6 is 0 Å². The van der Waals surface area contributed by atoms with Crippen LogP contribution in [0.5, 0.6) is 0 Å². The molecule has 0 spiro atoms. The van der Waals surface area contributed by atoms with Crippen molar-refractivity contribution in [2.45, 2.75) is 19.4 Å². The van der Waals surface area contributed by atoms with E-state index in [1.54, 1.807) is 12.3 Å². The van der Waals surface area contributed by atoms with Gasteiger partial charge in [-0.25, -0.2) is 4.98 Å². The molecular weight excluding hydrogens is 288 g/mol. The number of carbonyl (C=O) groups excluding carboxylic acids is 1. The molecule has 1 heterocycles. The minimum atomic E-state index is -0.0516. The summed E-state index contributed by atoms with van der Waals surface area (Å²) >= 11 is 0. The number of nitrogens with one attached hydrogen (secondary N) is 1. The van der Waals surface area contributed by atoms with Crippen LogP contribution in [0.3, 0.4) is 0 Å². The van der Waals surface area contributed by atoms with Gasteiger partial charge in [-0.3, -0.25) is 4.79 Å². The van der Waals surface area contributed by atoms with Gasteiger partial charge in [-0.2, -0.15) is 0 Å². The molecule has 1 amide bonds. The second-order valence-corrected chi connectivity index (χ2v) is 5.62. The van der Waals surface area contributed by atoms with E-state index in [4.69, 9.17) is 0 Å².